The highest BCUT2D eigenvalue weighted by molar-refractivity contribution is 5.69. The third kappa shape index (κ3) is 52.6. The van der Waals surface area contributed by atoms with Crippen molar-refractivity contribution in [2.45, 2.75) is 103 Å². The first-order valence-electron chi connectivity index (χ1n) is 22.9. The summed E-state index contributed by atoms with van der Waals surface area (Å²) in [5.74, 6) is -0.424. The van der Waals surface area contributed by atoms with Crippen molar-refractivity contribution in [3.05, 3.63) is 0 Å². The van der Waals surface area contributed by atoms with Gasteiger partial charge in [0.15, 0.2) is 0 Å². The topological polar surface area (TPSA) is 163 Å². The van der Waals surface area contributed by atoms with E-state index >= 15 is 0 Å². The molecule has 0 radical (unpaired) electrons. The molecule has 0 rings (SSSR count). The zero-order valence-electron chi connectivity index (χ0n) is 37.8. The van der Waals surface area contributed by atoms with Gasteiger partial charge in [-0.05, 0) is 6.42 Å². The molecule has 0 atom stereocenters. The van der Waals surface area contributed by atoms with Crippen LogP contribution in [0.5, 0.6) is 0 Å². The number of carbonyl (C=O) groups excluding carboxylic acids is 2. The summed E-state index contributed by atoms with van der Waals surface area (Å²) in [6.45, 7) is 13.8. The summed E-state index contributed by atoms with van der Waals surface area (Å²) in [5, 5.41) is 0. The van der Waals surface area contributed by atoms with Crippen LogP contribution < -0.4 is 0 Å². The Kier molecular flexibility index (Phi) is 52.2. The molecule has 0 aromatic rings. The minimum atomic E-state index is -0.288. The van der Waals surface area contributed by atoms with Crippen LogP contribution >= 0.6 is 0 Å². The van der Waals surface area contributed by atoms with Crippen LogP contribution in [0.4, 0.5) is 0 Å². The molecule has 16 heteroatoms. The SMILES string of the molecule is CCCCCCCCCCCCCCCC(=O)OCCOCCOCCOCCOCCOCCOCCOCCOCCOCCOCCOCCOCCC(=O)OC. The molecule has 0 fully saturated rings. The van der Waals surface area contributed by atoms with Crippen LogP contribution in [0.3, 0.4) is 0 Å². The predicted molar refractivity (Wildman–Crippen MR) is 228 cm³/mol. The lowest BCUT2D eigenvalue weighted by atomic mass is 10.0. The maximum atomic E-state index is 11.9. The largest absolute Gasteiger partial charge is 0.469 e. The molecule has 0 bridgehead atoms. The van der Waals surface area contributed by atoms with Gasteiger partial charge in [-0.15, -0.1) is 0 Å². The molecular formula is C44H86O16. The molecule has 0 heterocycles. The summed E-state index contributed by atoms with van der Waals surface area (Å²) in [6.07, 6.45) is 17.5. The van der Waals surface area contributed by atoms with Gasteiger partial charge in [0, 0.05) is 6.42 Å². The molecule has 0 spiro atoms. The molecule has 358 valence electrons. The van der Waals surface area contributed by atoms with Gasteiger partial charge in [-0.2, -0.15) is 0 Å². The maximum Gasteiger partial charge on any atom is 0.307 e. The normalized spacial score (nSPS) is 11.4. The summed E-state index contributed by atoms with van der Waals surface area (Å²) in [4.78, 5) is 22.8. The summed E-state index contributed by atoms with van der Waals surface area (Å²) < 4.78 is 75.3. The van der Waals surface area contributed by atoms with E-state index in [-0.39, 0.29) is 25.0 Å². The van der Waals surface area contributed by atoms with E-state index in [9.17, 15) is 9.59 Å². The van der Waals surface area contributed by atoms with Crippen LogP contribution in [0.1, 0.15) is 103 Å². The molecular weight excluding hydrogens is 784 g/mol. The van der Waals surface area contributed by atoms with Crippen LogP contribution in [0.25, 0.3) is 0 Å². The number of methoxy groups -OCH3 is 1. The zero-order valence-corrected chi connectivity index (χ0v) is 37.8. The minimum absolute atomic E-state index is 0.136. The van der Waals surface area contributed by atoms with Crippen molar-refractivity contribution in [1.82, 2.24) is 0 Å². The summed E-state index contributed by atoms with van der Waals surface area (Å²) in [5.41, 5.74) is 0. The molecule has 0 aromatic carbocycles. The first-order chi connectivity index (χ1) is 29.7. The Morgan fingerprint density at radius 1 is 0.267 bits per heavy atom. The van der Waals surface area contributed by atoms with Gasteiger partial charge in [0.2, 0.25) is 0 Å². The molecule has 0 aliphatic carbocycles. The first kappa shape index (κ1) is 58.5. The van der Waals surface area contributed by atoms with E-state index in [0.717, 1.165) is 12.8 Å². The molecule has 0 N–H and O–H groups in total. The van der Waals surface area contributed by atoms with Crippen molar-refractivity contribution in [3.8, 4) is 0 Å². The maximum absolute atomic E-state index is 11.9. The number of ether oxygens (including phenoxy) is 14. The molecule has 0 amide bonds. The molecule has 0 saturated carbocycles. The molecule has 0 aliphatic heterocycles. The van der Waals surface area contributed by atoms with Crippen molar-refractivity contribution in [3.63, 3.8) is 0 Å². The summed E-state index contributed by atoms with van der Waals surface area (Å²) in [6, 6.07) is 0. The van der Waals surface area contributed by atoms with Crippen molar-refractivity contribution in [2.24, 2.45) is 0 Å². The standard InChI is InChI=1S/C44H86O16/c1-3-4-5-6-7-8-9-10-11-12-13-14-15-16-44(46)60-42-41-59-40-39-58-38-37-57-36-35-56-34-33-55-32-31-54-30-29-53-28-27-52-26-25-51-24-23-50-22-21-49-20-19-48-18-17-43(45)47-2/h3-42H2,1-2H3. The van der Waals surface area contributed by atoms with Gasteiger partial charge in [0.25, 0.3) is 0 Å². The second-order valence-electron chi connectivity index (χ2n) is 13.9. The number of hydrogen-bond donors (Lipinski definition) is 0. The van der Waals surface area contributed by atoms with E-state index in [2.05, 4.69) is 11.7 Å². The molecule has 0 saturated heterocycles. The lowest BCUT2D eigenvalue weighted by Crippen LogP contribution is -2.16. The second-order valence-corrected chi connectivity index (χ2v) is 13.9. The van der Waals surface area contributed by atoms with E-state index in [1.165, 1.54) is 77.7 Å². The lowest BCUT2D eigenvalue weighted by molar-refractivity contribution is -0.145. The number of rotatable bonds is 53. The monoisotopic (exact) mass is 871 g/mol. The third-order valence-electron chi connectivity index (χ3n) is 8.75. The molecule has 0 unspecified atom stereocenters. The average molecular weight is 871 g/mol. The fourth-order valence-electron chi connectivity index (χ4n) is 5.35. The quantitative estimate of drug-likeness (QED) is 0.0534. The Hall–Kier alpha value is -1.54. The van der Waals surface area contributed by atoms with Gasteiger partial charge in [-0.3, -0.25) is 9.59 Å². The lowest BCUT2D eigenvalue weighted by Gasteiger charge is -2.09. The minimum Gasteiger partial charge on any atom is -0.469 e. The van der Waals surface area contributed by atoms with Gasteiger partial charge in [-0.1, -0.05) is 84.0 Å². The highest BCUT2D eigenvalue weighted by Crippen LogP contribution is 2.13. The number of carbonyl (C=O) groups is 2. The van der Waals surface area contributed by atoms with Crippen LogP contribution in [-0.2, 0) is 75.9 Å². The fraction of sp³-hybridized carbons (Fsp3) is 0.955. The van der Waals surface area contributed by atoms with E-state index < -0.39 is 0 Å². The second kappa shape index (κ2) is 53.6. The molecule has 16 nitrogen and oxygen atoms in total. The number of unbranched alkanes of at least 4 members (excludes halogenated alkanes) is 12. The number of hydrogen-bond acceptors (Lipinski definition) is 16. The Morgan fingerprint density at radius 2 is 0.500 bits per heavy atom. The zero-order chi connectivity index (χ0) is 43.3. The van der Waals surface area contributed by atoms with Gasteiger partial charge >= 0.3 is 11.9 Å². The predicted octanol–water partition coefficient (Wildman–Crippen LogP) is 5.77. The van der Waals surface area contributed by atoms with Crippen LogP contribution in [0, 0.1) is 0 Å². The Labute approximate surface area is 362 Å². The van der Waals surface area contributed by atoms with Crippen LogP contribution in [0.2, 0.25) is 0 Å². The first-order valence-corrected chi connectivity index (χ1v) is 22.9. The summed E-state index contributed by atoms with van der Waals surface area (Å²) >= 11 is 0. The van der Waals surface area contributed by atoms with E-state index in [1.807, 2.05) is 0 Å². The smallest absolute Gasteiger partial charge is 0.307 e. The summed E-state index contributed by atoms with van der Waals surface area (Å²) in [7, 11) is 1.35. The van der Waals surface area contributed by atoms with Crippen molar-refractivity contribution in [2.75, 3.05) is 172 Å². The van der Waals surface area contributed by atoms with Crippen molar-refractivity contribution in [1.29, 1.82) is 0 Å². The Morgan fingerprint density at radius 3 is 0.767 bits per heavy atom. The Balaban J connectivity index is 3.12. The molecule has 0 aromatic heterocycles. The fourth-order valence-corrected chi connectivity index (χ4v) is 5.35. The molecule has 60 heavy (non-hydrogen) atoms. The van der Waals surface area contributed by atoms with Crippen LogP contribution in [0.15, 0.2) is 0 Å². The van der Waals surface area contributed by atoms with Gasteiger partial charge in [0.1, 0.15) is 6.61 Å². The van der Waals surface area contributed by atoms with E-state index in [0.29, 0.717) is 165 Å². The van der Waals surface area contributed by atoms with E-state index in [1.54, 1.807) is 0 Å². The third-order valence-corrected chi connectivity index (χ3v) is 8.75. The average Bonchev–Trinajstić information content (AvgIpc) is 3.25. The number of esters is 2. The highest BCUT2D eigenvalue weighted by atomic mass is 16.6. The van der Waals surface area contributed by atoms with Gasteiger partial charge in [-0.25, -0.2) is 0 Å². The van der Waals surface area contributed by atoms with Crippen molar-refractivity contribution < 1.29 is 75.9 Å². The van der Waals surface area contributed by atoms with Crippen LogP contribution in [-0.4, -0.2) is 184 Å². The molecule has 0 aliphatic rings. The van der Waals surface area contributed by atoms with E-state index in [4.69, 9.17) is 61.6 Å². The van der Waals surface area contributed by atoms with Gasteiger partial charge in [0.05, 0.1) is 172 Å². The van der Waals surface area contributed by atoms with Crippen molar-refractivity contribution >= 4 is 11.9 Å². The Bertz CT molecular complexity index is 840. The van der Waals surface area contributed by atoms with Gasteiger partial charge < -0.3 is 66.3 Å². The highest BCUT2D eigenvalue weighted by Gasteiger charge is 2.03.